The lowest BCUT2D eigenvalue weighted by Gasteiger charge is -2.09. The van der Waals surface area contributed by atoms with Gasteiger partial charge in [-0.2, -0.15) is 5.10 Å². The SMILES string of the molecule is I.NC(=NCCn1cccn1)Nc1cccc(Oc2ccccc2)c1. The van der Waals surface area contributed by atoms with E-state index in [4.69, 9.17) is 10.5 Å². The van der Waals surface area contributed by atoms with Crippen molar-refractivity contribution < 1.29 is 4.74 Å². The zero-order valence-electron chi connectivity index (χ0n) is 13.6. The van der Waals surface area contributed by atoms with Crippen molar-refractivity contribution in [1.29, 1.82) is 0 Å². The van der Waals surface area contributed by atoms with Gasteiger partial charge in [-0.25, -0.2) is 0 Å². The molecular formula is C18H20IN5O. The fourth-order valence-corrected chi connectivity index (χ4v) is 2.16. The van der Waals surface area contributed by atoms with E-state index in [1.165, 1.54) is 0 Å². The van der Waals surface area contributed by atoms with Crippen molar-refractivity contribution in [2.75, 3.05) is 11.9 Å². The number of ether oxygens (including phenoxy) is 1. The number of nitrogens with zero attached hydrogens (tertiary/aromatic N) is 3. The first-order valence-corrected chi connectivity index (χ1v) is 7.67. The van der Waals surface area contributed by atoms with E-state index >= 15 is 0 Å². The number of nitrogens with two attached hydrogens (primary N) is 1. The third-order valence-corrected chi connectivity index (χ3v) is 3.26. The predicted molar refractivity (Wildman–Crippen MR) is 111 cm³/mol. The molecule has 3 rings (SSSR count). The van der Waals surface area contributed by atoms with Crippen LogP contribution in [0.1, 0.15) is 0 Å². The highest BCUT2D eigenvalue weighted by molar-refractivity contribution is 14.0. The maximum atomic E-state index is 5.92. The van der Waals surface area contributed by atoms with E-state index in [1.54, 1.807) is 6.20 Å². The van der Waals surface area contributed by atoms with Crippen molar-refractivity contribution in [2.45, 2.75) is 6.54 Å². The number of hydrogen-bond donors (Lipinski definition) is 2. The molecule has 0 saturated heterocycles. The molecular weight excluding hydrogens is 429 g/mol. The van der Waals surface area contributed by atoms with Gasteiger partial charge in [0, 0.05) is 24.1 Å². The molecule has 3 N–H and O–H groups in total. The number of hydrogen-bond acceptors (Lipinski definition) is 3. The van der Waals surface area contributed by atoms with E-state index in [2.05, 4.69) is 15.4 Å². The summed E-state index contributed by atoms with van der Waals surface area (Å²) in [5.74, 6) is 1.88. The molecule has 7 heteroatoms. The van der Waals surface area contributed by atoms with Crippen molar-refractivity contribution in [3.8, 4) is 11.5 Å². The minimum atomic E-state index is 0. The fourth-order valence-electron chi connectivity index (χ4n) is 2.16. The normalized spacial score (nSPS) is 10.8. The van der Waals surface area contributed by atoms with Crippen molar-refractivity contribution in [3.05, 3.63) is 73.1 Å². The Balaban J connectivity index is 0.00000225. The molecule has 0 aliphatic carbocycles. The van der Waals surface area contributed by atoms with Crippen LogP contribution in [0, 0.1) is 0 Å². The summed E-state index contributed by atoms with van der Waals surface area (Å²) in [6, 6.07) is 19.1. The van der Waals surface area contributed by atoms with Gasteiger partial charge in [0.15, 0.2) is 5.96 Å². The average molecular weight is 449 g/mol. The summed E-state index contributed by atoms with van der Waals surface area (Å²) in [4.78, 5) is 4.29. The molecule has 0 unspecified atom stereocenters. The van der Waals surface area contributed by atoms with Crippen LogP contribution < -0.4 is 15.8 Å². The third-order valence-electron chi connectivity index (χ3n) is 3.26. The van der Waals surface area contributed by atoms with Gasteiger partial charge in [0.1, 0.15) is 11.5 Å². The number of rotatable bonds is 6. The van der Waals surface area contributed by atoms with Gasteiger partial charge in [-0.3, -0.25) is 9.67 Å². The van der Waals surface area contributed by atoms with E-state index in [0.29, 0.717) is 19.0 Å². The van der Waals surface area contributed by atoms with Gasteiger partial charge in [-0.05, 0) is 30.3 Å². The zero-order valence-corrected chi connectivity index (χ0v) is 15.9. The number of para-hydroxylation sites is 1. The predicted octanol–water partition coefficient (Wildman–Crippen LogP) is 3.72. The summed E-state index contributed by atoms with van der Waals surface area (Å²) in [6.07, 6.45) is 3.63. The molecule has 0 atom stereocenters. The number of anilines is 1. The average Bonchev–Trinajstić information content (AvgIpc) is 3.09. The molecule has 0 aliphatic rings. The van der Waals surface area contributed by atoms with Crippen LogP contribution in [0.25, 0.3) is 0 Å². The molecule has 0 amide bonds. The molecule has 25 heavy (non-hydrogen) atoms. The lowest BCUT2D eigenvalue weighted by Crippen LogP contribution is -2.23. The molecule has 1 aromatic heterocycles. The minimum absolute atomic E-state index is 0. The molecule has 3 aromatic rings. The van der Waals surface area contributed by atoms with Gasteiger partial charge in [0.05, 0.1) is 13.1 Å². The maximum absolute atomic E-state index is 5.92. The first-order chi connectivity index (χ1) is 11.8. The smallest absolute Gasteiger partial charge is 0.193 e. The Morgan fingerprint density at radius 3 is 2.64 bits per heavy atom. The highest BCUT2D eigenvalue weighted by Gasteiger charge is 2.00. The summed E-state index contributed by atoms with van der Waals surface area (Å²) >= 11 is 0. The first-order valence-electron chi connectivity index (χ1n) is 7.67. The third kappa shape index (κ3) is 6.11. The number of aromatic nitrogens is 2. The number of halogens is 1. The number of guanidine groups is 1. The molecule has 0 radical (unpaired) electrons. The van der Waals surface area contributed by atoms with Gasteiger partial charge in [0.25, 0.3) is 0 Å². The Morgan fingerprint density at radius 1 is 1.08 bits per heavy atom. The van der Waals surface area contributed by atoms with Gasteiger partial charge >= 0.3 is 0 Å². The van der Waals surface area contributed by atoms with E-state index < -0.39 is 0 Å². The van der Waals surface area contributed by atoms with Crippen molar-refractivity contribution in [3.63, 3.8) is 0 Å². The topological polar surface area (TPSA) is 77.5 Å². The Hall–Kier alpha value is -2.55. The highest BCUT2D eigenvalue weighted by atomic mass is 127. The van der Waals surface area contributed by atoms with Gasteiger partial charge in [-0.15, -0.1) is 24.0 Å². The van der Waals surface area contributed by atoms with Crippen LogP contribution in [0.2, 0.25) is 0 Å². The monoisotopic (exact) mass is 449 g/mol. The second kappa shape index (κ2) is 9.67. The maximum Gasteiger partial charge on any atom is 0.193 e. The molecule has 0 aliphatic heterocycles. The molecule has 130 valence electrons. The van der Waals surface area contributed by atoms with Crippen LogP contribution in [-0.2, 0) is 6.54 Å². The first kappa shape index (κ1) is 18.8. The van der Waals surface area contributed by atoms with Crippen molar-refractivity contribution in [1.82, 2.24) is 9.78 Å². The number of benzene rings is 2. The molecule has 2 aromatic carbocycles. The molecule has 0 spiro atoms. The summed E-state index contributed by atoms with van der Waals surface area (Å²) in [7, 11) is 0. The standard InChI is InChI=1S/C18H19N5O.HI/c19-18(20-11-13-23-12-5-10-21-23)22-15-6-4-9-17(14-15)24-16-7-2-1-3-8-16;/h1-10,12,14H,11,13H2,(H3,19,20,22);1H. The van der Waals surface area contributed by atoms with Crippen LogP contribution in [0.15, 0.2) is 78.0 Å². The van der Waals surface area contributed by atoms with Crippen LogP contribution in [0.5, 0.6) is 11.5 Å². The molecule has 6 nitrogen and oxygen atoms in total. The minimum Gasteiger partial charge on any atom is -0.457 e. The van der Waals surface area contributed by atoms with Crippen LogP contribution in [0.3, 0.4) is 0 Å². The summed E-state index contributed by atoms with van der Waals surface area (Å²) in [5.41, 5.74) is 6.74. The second-order valence-electron chi connectivity index (χ2n) is 5.10. The molecule has 0 fully saturated rings. The molecule has 0 bridgehead atoms. The summed E-state index contributed by atoms with van der Waals surface area (Å²) in [6.45, 7) is 1.24. The van der Waals surface area contributed by atoms with Crippen LogP contribution in [0.4, 0.5) is 5.69 Å². The van der Waals surface area contributed by atoms with Crippen molar-refractivity contribution >= 4 is 35.6 Å². The van der Waals surface area contributed by atoms with Gasteiger partial charge in [0.2, 0.25) is 0 Å². The fraction of sp³-hybridized carbons (Fsp3) is 0.111. The summed E-state index contributed by atoms with van der Waals surface area (Å²) < 4.78 is 7.61. The Morgan fingerprint density at radius 2 is 1.88 bits per heavy atom. The Labute approximate surface area is 163 Å². The van der Waals surface area contributed by atoms with E-state index in [0.717, 1.165) is 17.2 Å². The molecule has 1 heterocycles. The zero-order chi connectivity index (χ0) is 16.6. The highest BCUT2D eigenvalue weighted by Crippen LogP contribution is 2.23. The van der Waals surface area contributed by atoms with E-state index in [9.17, 15) is 0 Å². The van der Waals surface area contributed by atoms with Gasteiger partial charge < -0.3 is 15.8 Å². The quantitative estimate of drug-likeness (QED) is 0.342. The second-order valence-corrected chi connectivity index (χ2v) is 5.10. The lowest BCUT2D eigenvalue weighted by atomic mass is 10.3. The Kier molecular flexibility index (Phi) is 7.27. The number of nitrogens with one attached hydrogen (secondary N) is 1. The largest absolute Gasteiger partial charge is 0.457 e. The van der Waals surface area contributed by atoms with E-state index in [-0.39, 0.29) is 24.0 Å². The Bertz CT molecular complexity index is 790. The van der Waals surface area contributed by atoms with Gasteiger partial charge in [-0.1, -0.05) is 24.3 Å². The van der Waals surface area contributed by atoms with Crippen molar-refractivity contribution in [2.24, 2.45) is 10.7 Å². The lowest BCUT2D eigenvalue weighted by molar-refractivity contribution is 0.483. The van der Waals surface area contributed by atoms with Crippen LogP contribution >= 0.6 is 24.0 Å². The van der Waals surface area contributed by atoms with Crippen LogP contribution in [-0.4, -0.2) is 22.3 Å². The van der Waals surface area contributed by atoms with E-state index in [1.807, 2.05) is 71.5 Å². The summed E-state index contributed by atoms with van der Waals surface area (Å²) in [5, 5.41) is 7.18. The molecule has 0 saturated carbocycles. The number of aliphatic imine (C=N–C) groups is 1.